The Hall–Kier alpha value is -3.91. The molecule has 1 saturated heterocycles. The molecule has 4 aromatic rings. The van der Waals surface area contributed by atoms with Crippen LogP contribution in [0.3, 0.4) is 0 Å². The molecule has 1 fully saturated rings. The summed E-state index contributed by atoms with van der Waals surface area (Å²) in [5.41, 5.74) is 3.78. The molecule has 0 unspecified atom stereocenters. The van der Waals surface area contributed by atoms with E-state index in [9.17, 15) is 23.1 Å². The standard InChI is InChI=1S/C27H32F3N9O2/c1-15(40)39-10-6-16(7-11-39)32-25-23-22(34-26(35-25)27(28,29)30)24(37-36-23)31-12-17(41)13-38-9-8-19-18-4-2-3-5-20(18)33-21(19)14-38/h2-5,16-17,33,41H,6-14H2,1H3,(H2,31,36,37)(H,32,34,35)/t17-/m0/s1. The van der Waals surface area contributed by atoms with Crippen molar-refractivity contribution in [2.45, 2.75) is 51.1 Å². The molecule has 5 N–H and O–H groups in total. The monoisotopic (exact) mass is 571 g/mol. The third kappa shape index (κ3) is 5.66. The van der Waals surface area contributed by atoms with Crippen molar-refractivity contribution in [2.24, 2.45) is 0 Å². The molecule has 6 rings (SSSR count). The van der Waals surface area contributed by atoms with Crippen molar-refractivity contribution < 1.29 is 23.1 Å². The largest absolute Gasteiger partial charge is 0.451 e. The Kier molecular flexibility index (Phi) is 7.20. The van der Waals surface area contributed by atoms with Gasteiger partial charge in [-0.25, -0.2) is 9.97 Å². The van der Waals surface area contributed by atoms with E-state index in [0.29, 0.717) is 39.0 Å². The highest BCUT2D eigenvalue weighted by molar-refractivity contribution is 5.93. The number of nitrogens with one attached hydrogen (secondary N) is 4. The van der Waals surface area contributed by atoms with E-state index >= 15 is 0 Å². The Labute approximate surface area is 233 Å². The summed E-state index contributed by atoms with van der Waals surface area (Å²) in [5.74, 6) is -1.19. The summed E-state index contributed by atoms with van der Waals surface area (Å²) in [5, 5.41) is 25.0. The van der Waals surface area contributed by atoms with Crippen molar-refractivity contribution in [3.05, 3.63) is 41.3 Å². The zero-order chi connectivity index (χ0) is 28.7. The fourth-order valence-electron chi connectivity index (χ4n) is 5.77. The Balaban J connectivity index is 1.13. The van der Waals surface area contributed by atoms with Crippen LogP contribution in [0.1, 0.15) is 36.8 Å². The molecular weight excluding hydrogens is 539 g/mol. The highest BCUT2D eigenvalue weighted by Gasteiger charge is 2.37. The van der Waals surface area contributed by atoms with Crippen molar-refractivity contribution >= 4 is 39.5 Å². The normalized spacial score (nSPS) is 17.6. The summed E-state index contributed by atoms with van der Waals surface area (Å²) < 4.78 is 41.1. The van der Waals surface area contributed by atoms with E-state index in [4.69, 9.17) is 0 Å². The van der Waals surface area contributed by atoms with Crippen LogP contribution < -0.4 is 10.6 Å². The SMILES string of the molecule is CC(=O)N1CCC(Nc2nc(C(F)(F)F)nc3c(NC[C@H](O)CN4CCc5c([nH]c6ccccc56)C4)n[nH]c23)CC1. The van der Waals surface area contributed by atoms with Crippen molar-refractivity contribution in [1.82, 2.24) is 34.9 Å². The minimum atomic E-state index is -4.76. The number of benzene rings is 1. The van der Waals surface area contributed by atoms with Gasteiger partial charge < -0.3 is 25.6 Å². The minimum Gasteiger partial charge on any atom is -0.390 e. The molecule has 41 heavy (non-hydrogen) atoms. The number of rotatable bonds is 7. The predicted molar refractivity (Wildman–Crippen MR) is 147 cm³/mol. The van der Waals surface area contributed by atoms with Gasteiger partial charge in [-0.1, -0.05) is 18.2 Å². The first kappa shape index (κ1) is 27.3. The summed E-state index contributed by atoms with van der Waals surface area (Å²) in [6.07, 6.45) is -3.53. The second-order valence-corrected chi connectivity index (χ2v) is 10.8. The van der Waals surface area contributed by atoms with Gasteiger partial charge in [0.2, 0.25) is 11.7 Å². The topological polar surface area (TPSA) is 138 Å². The van der Waals surface area contributed by atoms with Crippen molar-refractivity contribution in [3.8, 4) is 0 Å². The number of alkyl halides is 3. The molecule has 0 saturated carbocycles. The van der Waals surface area contributed by atoms with Crippen LogP contribution in [0.25, 0.3) is 21.9 Å². The molecule has 3 aromatic heterocycles. The molecular formula is C27H32F3N9O2. The van der Waals surface area contributed by atoms with Crippen LogP contribution in [-0.4, -0.2) is 90.8 Å². The molecule has 1 aromatic carbocycles. The predicted octanol–water partition coefficient (Wildman–Crippen LogP) is 3.11. The summed E-state index contributed by atoms with van der Waals surface area (Å²) >= 11 is 0. The zero-order valence-electron chi connectivity index (χ0n) is 22.6. The molecule has 0 spiro atoms. The summed E-state index contributed by atoms with van der Waals surface area (Å²) in [4.78, 5) is 26.5. The van der Waals surface area contributed by atoms with Gasteiger partial charge in [0.25, 0.3) is 0 Å². The van der Waals surface area contributed by atoms with Crippen LogP contribution in [0.15, 0.2) is 24.3 Å². The first-order valence-electron chi connectivity index (χ1n) is 13.7. The lowest BCUT2D eigenvalue weighted by Crippen LogP contribution is -2.41. The van der Waals surface area contributed by atoms with Crippen LogP contribution in [0.4, 0.5) is 24.8 Å². The molecule has 1 atom stereocenters. The number of aliphatic hydroxyl groups excluding tert-OH is 1. The number of anilines is 2. The van der Waals surface area contributed by atoms with Crippen LogP contribution >= 0.6 is 0 Å². The zero-order valence-corrected chi connectivity index (χ0v) is 22.6. The van der Waals surface area contributed by atoms with E-state index in [-0.39, 0.29) is 41.2 Å². The third-order valence-corrected chi connectivity index (χ3v) is 7.88. The molecule has 0 bridgehead atoms. The number of hydrogen-bond acceptors (Lipinski definition) is 8. The Morgan fingerprint density at radius 2 is 1.95 bits per heavy atom. The van der Waals surface area contributed by atoms with Gasteiger partial charge in [0.15, 0.2) is 11.6 Å². The number of hydrogen-bond donors (Lipinski definition) is 5. The smallest absolute Gasteiger partial charge is 0.390 e. The number of aromatic amines is 2. The van der Waals surface area contributed by atoms with E-state index in [0.717, 1.165) is 24.2 Å². The van der Waals surface area contributed by atoms with E-state index in [2.05, 4.69) is 52.8 Å². The average Bonchev–Trinajstić information content (AvgIpc) is 3.52. The van der Waals surface area contributed by atoms with E-state index in [1.165, 1.54) is 17.9 Å². The summed E-state index contributed by atoms with van der Waals surface area (Å²) in [6, 6.07) is 8.03. The Bertz CT molecular complexity index is 1560. The lowest BCUT2D eigenvalue weighted by molar-refractivity contribution is -0.144. The Morgan fingerprint density at radius 1 is 1.17 bits per heavy atom. The van der Waals surface area contributed by atoms with Gasteiger partial charge in [0.1, 0.15) is 11.0 Å². The number of aliphatic hydroxyl groups is 1. The number of para-hydroxylation sites is 1. The number of aromatic nitrogens is 5. The van der Waals surface area contributed by atoms with E-state index < -0.39 is 18.1 Å². The van der Waals surface area contributed by atoms with E-state index in [1.54, 1.807) is 4.90 Å². The molecule has 5 heterocycles. The molecule has 0 radical (unpaired) electrons. The van der Waals surface area contributed by atoms with Crippen LogP contribution in [0.5, 0.6) is 0 Å². The minimum absolute atomic E-state index is 0.00662. The number of nitrogens with zero attached hydrogens (tertiary/aromatic N) is 5. The fourth-order valence-corrected chi connectivity index (χ4v) is 5.77. The fraction of sp³-hybridized carbons (Fsp3) is 0.481. The van der Waals surface area contributed by atoms with Crippen molar-refractivity contribution in [2.75, 3.05) is 43.4 Å². The molecule has 218 valence electrons. The maximum atomic E-state index is 13.7. The number of β-amino-alcohol motifs (C(OH)–C–C–N with tert-alkyl or cyclic N) is 1. The number of H-pyrrole nitrogens is 2. The number of likely N-dealkylation sites (tertiary alicyclic amines) is 1. The first-order valence-corrected chi connectivity index (χ1v) is 13.7. The van der Waals surface area contributed by atoms with Crippen LogP contribution in [0, 0.1) is 0 Å². The first-order chi connectivity index (χ1) is 19.7. The number of carbonyl (C=O) groups excluding carboxylic acids is 1. The quantitative estimate of drug-likeness (QED) is 0.228. The van der Waals surface area contributed by atoms with Gasteiger partial charge in [0, 0.05) is 68.8 Å². The molecule has 11 nitrogen and oxygen atoms in total. The van der Waals surface area contributed by atoms with Gasteiger partial charge in [0.05, 0.1) is 6.10 Å². The number of piperidine rings is 1. The van der Waals surface area contributed by atoms with Gasteiger partial charge in [-0.2, -0.15) is 18.3 Å². The maximum absolute atomic E-state index is 13.7. The highest BCUT2D eigenvalue weighted by Crippen LogP contribution is 2.33. The molecule has 0 aliphatic carbocycles. The Morgan fingerprint density at radius 3 is 2.71 bits per heavy atom. The van der Waals surface area contributed by atoms with E-state index in [1.807, 2.05) is 12.1 Å². The second-order valence-electron chi connectivity index (χ2n) is 10.8. The van der Waals surface area contributed by atoms with Crippen molar-refractivity contribution in [1.29, 1.82) is 0 Å². The number of amides is 1. The average molecular weight is 572 g/mol. The summed E-state index contributed by atoms with van der Waals surface area (Å²) in [7, 11) is 0. The van der Waals surface area contributed by atoms with Gasteiger partial charge in [-0.05, 0) is 30.9 Å². The number of carbonyl (C=O) groups is 1. The molecule has 2 aliphatic rings. The van der Waals surface area contributed by atoms with Crippen LogP contribution in [0.2, 0.25) is 0 Å². The second kappa shape index (κ2) is 10.8. The molecule has 2 aliphatic heterocycles. The third-order valence-electron chi connectivity index (χ3n) is 7.88. The lowest BCUT2D eigenvalue weighted by Gasteiger charge is -2.32. The van der Waals surface area contributed by atoms with Crippen LogP contribution in [-0.2, 0) is 23.9 Å². The number of halogens is 3. The molecule has 1 amide bonds. The summed E-state index contributed by atoms with van der Waals surface area (Å²) in [6.45, 7) is 4.46. The number of fused-ring (bicyclic) bond motifs is 4. The van der Waals surface area contributed by atoms with Gasteiger partial charge in [-0.3, -0.25) is 14.8 Å². The highest BCUT2D eigenvalue weighted by atomic mass is 19.4. The van der Waals surface area contributed by atoms with Gasteiger partial charge in [-0.15, -0.1) is 0 Å². The van der Waals surface area contributed by atoms with Crippen molar-refractivity contribution in [3.63, 3.8) is 0 Å². The molecule has 14 heteroatoms. The lowest BCUT2D eigenvalue weighted by atomic mass is 10.0. The maximum Gasteiger partial charge on any atom is 0.451 e. The van der Waals surface area contributed by atoms with Gasteiger partial charge >= 0.3 is 6.18 Å².